The van der Waals surface area contributed by atoms with Crippen molar-refractivity contribution in [2.45, 2.75) is 30.1 Å². The molecule has 4 aliphatic rings. The van der Waals surface area contributed by atoms with Gasteiger partial charge in [0.2, 0.25) is 0 Å². The van der Waals surface area contributed by atoms with Crippen LogP contribution in [-0.2, 0) is 16.2 Å². The van der Waals surface area contributed by atoms with Gasteiger partial charge >= 0.3 is 0 Å². The van der Waals surface area contributed by atoms with Gasteiger partial charge < -0.3 is 9.80 Å². The van der Waals surface area contributed by atoms with Crippen LogP contribution >= 0.6 is 11.3 Å². The fraction of sp³-hybridized carbons (Fsp3) is 0.0495. The minimum absolute atomic E-state index is 0.437. The van der Waals surface area contributed by atoms with Crippen LogP contribution in [0.25, 0.3) is 75.8 Å². The first-order chi connectivity index (χ1) is 51.4. The van der Waals surface area contributed by atoms with E-state index in [0.29, 0.717) is 0 Å². The lowest BCUT2D eigenvalue weighted by molar-refractivity contribution is 0.766. The first-order valence-corrected chi connectivity index (χ1v) is 37.1. The van der Waals surface area contributed by atoms with Gasteiger partial charge in [-0.25, -0.2) is 0 Å². The number of fused-ring (bicyclic) bond motifs is 19. The zero-order valence-corrected chi connectivity index (χ0v) is 58.4. The summed E-state index contributed by atoms with van der Waals surface area (Å²) in [7, 11) is 0. The average molecular weight is 1340 g/mol. The van der Waals surface area contributed by atoms with E-state index in [-0.39, 0.29) is 0 Å². The monoisotopic (exact) mass is 1340 g/mol. The highest BCUT2D eigenvalue weighted by molar-refractivity contribution is 7.26. The number of hydrogen-bond donors (Lipinski definition) is 0. The molecule has 1 aromatic heterocycles. The van der Waals surface area contributed by atoms with Gasteiger partial charge in [0.25, 0.3) is 0 Å². The van der Waals surface area contributed by atoms with Crippen molar-refractivity contribution in [1.82, 2.24) is 0 Å². The van der Waals surface area contributed by atoms with Crippen LogP contribution in [-0.4, -0.2) is 0 Å². The highest BCUT2D eigenvalue weighted by Crippen LogP contribution is 2.65. The van der Waals surface area contributed by atoms with Crippen molar-refractivity contribution in [3.05, 3.63) is 454 Å². The summed E-state index contributed by atoms with van der Waals surface area (Å²) >= 11 is 1.87. The topological polar surface area (TPSA) is 6.48 Å². The molecule has 0 radical (unpaired) electrons. The van der Waals surface area contributed by atoms with Gasteiger partial charge in [-0.1, -0.05) is 308 Å². The number of anilines is 6. The molecule has 488 valence electrons. The second kappa shape index (κ2) is 23.2. The van der Waals surface area contributed by atoms with E-state index in [2.05, 4.69) is 400 Å². The summed E-state index contributed by atoms with van der Waals surface area (Å²) in [4.78, 5) is 5.03. The van der Waals surface area contributed by atoms with E-state index in [1.165, 1.54) is 143 Å². The smallest absolute Gasteiger partial charge is 0.0725 e. The fourth-order valence-electron chi connectivity index (χ4n) is 19.1. The zero-order valence-electron chi connectivity index (χ0n) is 57.6. The molecule has 4 aliphatic carbocycles. The Morgan fingerprint density at radius 1 is 0.221 bits per heavy atom. The summed E-state index contributed by atoms with van der Waals surface area (Å²) in [5, 5.41) is 2.53. The lowest BCUT2D eigenvalue weighted by Gasteiger charge is -2.36. The van der Waals surface area contributed by atoms with Crippen LogP contribution in [0.5, 0.6) is 0 Å². The van der Waals surface area contributed by atoms with E-state index >= 15 is 0 Å². The number of aryl methyl sites for hydroxylation is 2. The molecule has 0 aliphatic heterocycles. The third-order valence-corrected chi connectivity index (χ3v) is 24.5. The van der Waals surface area contributed by atoms with Crippen LogP contribution in [0.2, 0.25) is 0 Å². The molecular weight excluding hydrogens is 1270 g/mol. The van der Waals surface area contributed by atoms with Gasteiger partial charge in [0, 0.05) is 48.6 Å². The lowest BCUT2D eigenvalue weighted by atomic mass is 9.67. The van der Waals surface area contributed by atoms with E-state index in [1.807, 2.05) is 11.3 Å². The Balaban J connectivity index is 0.731. The van der Waals surface area contributed by atoms with Gasteiger partial charge in [0.1, 0.15) is 0 Å². The first kappa shape index (κ1) is 60.1. The Bertz CT molecular complexity index is 6000. The van der Waals surface area contributed by atoms with E-state index in [1.54, 1.807) is 0 Å². The van der Waals surface area contributed by atoms with Crippen LogP contribution in [0.1, 0.15) is 77.9 Å². The van der Waals surface area contributed by atoms with E-state index in [0.717, 1.165) is 45.3 Å². The molecule has 0 atom stereocenters. The maximum Gasteiger partial charge on any atom is 0.0725 e. The lowest BCUT2D eigenvalue weighted by Crippen LogP contribution is -2.29. The van der Waals surface area contributed by atoms with Gasteiger partial charge in [-0.2, -0.15) is 0 Å². The number of thiophene rings is 1. The van der Waals surface area contributed by atoms with E-state index < -0.39 is 16.2 Å². The molecule has 1 heterocycles. The summed E-state index contributed by atoms with van der Waals surface area (Å²) in [6.45, 7) is 4.46. The third-order valence-electron chi connectivity index (χ3n) is 23.3. The average Bonchev–Trinajstić information content (AvgIpc) is 1.51. The van der Waals surface area contributed by atoms with Crippen LogP contribution in [0.4, 0.5) is 34.1 Å². The molecule has 2 nitrogen and oxygen atoms in total. The van der Waals surface area contributed by atoms with Gasteiger partial charge in [0.05, 0.1) is 21.9 Å². The molecule has 21 rings (SSSR count). The Morgan fingerprint density at radius 3 is 1.05 bits per heavy atom. The summed E-state index contributed by atoms with van der Waals surface area (Å²) in [5.74, 6) is 0. The number of nitrogens with zero attached hydrogens (tertiary/aromatic N) is 2. The Hall–Kier alpha value is -12.7. The quantitative estimate of drug-likeness (QED) is 0.127. The van der Waals surface area contributed by atoms with Crippen LogP contribution in [0, 0.1) is 13.8 Å². The summed E-state index contributed by atoms with van der Waals surface area (Å²) < 4.78 is 2.55. The SMILES string of the molecule is Cc1ccc2c(c1)C(c1ccccc1)(c1ccccc1)c1cc(N(c3ccc(-c4ccc(N(c5ccc6c(c5)-c5ccccc5C65c6ccccc6-c6ccccc65)c5cccc6sc7ccccc7c56)cc4)cc3)c3ccc4c(c3)C(c3ccccc3)(c3ccccc3)c3cc(C)ccc3-4)ccc1-2. The zero-order chi connectivity index (χ0) is 68.8. The summed E-state index contributed by atoms with van der Waals surface area (Å²) in [6.07, 6.45) is 0. The second-order valence-corrected chi connectivity index (χ2v) is 29.7. The first-order valence-electron chi connectivity index (χ1n) is 36.3. The second-order valence-electron chi connectivity index (χ2n) is 28.7. The minimum atomic E-state index is -0.603. The largest absolute Gasteiger partial charge is 0.310 e. The molecule has 0 N–H and O–H groups in total. The predicted octanol–water partition coefficient (Wildman–Crippen LogP) is 26.3. The molecule has 0 saturated heterocycles. The fourth-order valence-corrected chi connectivity index (χ4v) is 20.2. The van der Waals surface area contributed by atoms with Crippen molar-refractivity contribution in [2.24, 2.45) is 0 Å². The highest BCUT2D eigenvalue weighted by atomic mass is 32.1. The number of rotatable bonds is 11. The maximum absolute atomic E-state index is 2.52. The molecule has 1 spiro atoms. The number of benzene rings is 16. The molecule has 0 unspecified atom stereocenters. The number of hydrogen-bond acceptors (Lipinski definition) is 3. The van der Waals surface area contributed by atoms with Crippen molar-refractivity contribution in [1.29, 1.82) is 0 Å². The Morgan fingerprint density at radius 2 is 0.567 bits per heavy atom. The van der Waals surface area contributed by atoms with Crippen molar-refractivity contribution in [2.75, 3.05) is 9.80 Å². The molecule has 0 amide bonds. The highest BCUT2D eigenvalue weighted by Gasteiger charge is 2.53. The standard InChI is InChI=1S/C101H68N2S/c1-65-42-55-81-83-57-52-76(63-93(83)99(91(81)60-65,69-24-7-3-8-25-69)70-26-9-4-10-27-70)102(77-53-58-84-82-56-43-66(2)61-92(82)100(94(84)64-77,71-28-11-5-12-29-71)72-30-13-6-14-31-72)73-48-44-67(45-49-73)68-46-50-74(51-47-68)103(95-39-23-41-97-98(95)85-35-18-22-40-96(85)104-97)75-54-59-90-86(62-75)80-34-17-21-38-89(80)101(90)87-36-19-15-32-78(87)79-33-16-20-37-88(79)101/h3-64H,1-2H3. The summed E-state index contributed by atoms with van der Waals surface area (Å²) in [6, 6.07) is 143. The van der Waals surface area contributed by atoms with E-state index in [4.69, 9.17) is 0 Å². The van der Waals surface area contributed by atoms with Crippen molar-refractivity contribution < 1.29 is 0 Å². The third kappa shape index (κ3) is 8.50. The molecular formula is C101H68N2S. The van der Waals surface area contributed by atoms with Gasteiger partial charge in [-0.3, -0.25) is 0 Å². The van der Waals surface area contributed by atoms with Crippen molar-refractivity contribution >= 4 is 65.6 Å². The van der Waals surface area contributed by atoms with Crippen LogP contribution in [0.15, 0.2) is 376 Å². The van der Waals surface area contributed by atoms with E-state index in [9.17, 15) is 0 Å². The Kier molecular flexibility index (Phi) is 13.4. The predicted molar refractivity (Wildman–Crippen MR) is 435 cm³/mol. The molecule has 104 heavy (non-hydrogen) atoms. The molecule has 16 aromatic carbocycles. The van der Waals surface area contributed by atoms with Crippen LogP contribution < -0.4 is 9.80 Å². The maximum atomic E-state index is 2.52. The Labute approximate surface area is 611 Å². The normalized spacial score (nSPS) is 13.9. The minimum Gasteiger partial charge on any atom is -0.310 e. The molecule has 0 fully saturated rings. The van der Waals surface area contributed by atoms with Gasteiger partial charge in [-0.05, 0) is 215 Å². The van der Waals surface area contributed by atoms with Gasteiger partial charge in [-0.15, -0.1) is 11.3 Å². The molecule has 3 heteroatoms. The molecule has 17 aromatic rings. The molecule has 0 saturated carbocycles. The van der Waals surface area contributed by atoms with Crippen LogP contribution in [0.3, 0.4) is 0 Å². The van der Waals surface area contributed by atoms with Crippen molar-refractivity contribution in [3.8, 4) is 55.6 Å². The summed E-state index contributed by atoms with van der Waals surface area (Å²) in [5.41, 5.74) is 35.3. The van der Waals surface area contributed by atoms with Crippen molar-refractivity contribution in [3.63, 3.8) is 0 Å². The van der Waals surface area contributed by atoms with Gasteiger partial charge in [0.15, 0.2) is 0 Å². The molecule has 0 bridgehead atoms.